The van der Waals surface area contributed by atoms with Crippen molar-refractivity contribution in [2.24, 2.45) is 5.92 Å². The molecule has 26 heavy (non-hydrogen) atoms. The van der Waals surface area contributed by atoms with E-state index in [4.69, 9.17) is 0 Å². The average molecular weight is 368 g/mol. The number of carbonyl (C=O) groups is 2. The number of hydrogen-bond acceptors (Lipinski definition) is 4. The van der Waals surface area contributed by atoms with Crippen molar-refractivity contribution >= 4 is 39.2 Å². The van der Waals surface area contributed by atoms with Crippen LogP contribution in [0.4, 0.5) is 5.13 Å². The topological polar surface area (TPSA) is 78.1 Å². The van der Waals surface area contributed by atoms with Crippen LogP contribution in [0.1, 0.15) is 28.1 Å². The lowest BCUT2D eigenvalue weighted by Crippen LogP contribution is -2.43. The number of piperidine rings is 1. The van der Waals surface area contributed by atoms with Crippen LogP contribution in [-0.2, 0) is 4.79 Å². The van der Waals surface area contributed by atoms with E-state index in [1.54, 1.807) is 11.1 Å². The minimum absolute atomic E-state index is 0.0240. The number of H-pyrrole nitrogens is 1. The van der Waals surface area contributed by atoms with E-state index >= 15 is 0 Å². The maximum atomic E-state index is 12.9. The fourth-order valence-corrected chi connectivity index (χ4v) is 4.03. The molecule has 7 heteroatoms. The largest absolute Gasteiger partial charge is 0.361 e. The predicted molar refractivity (Wildman–Crippen MR) is 102 cm³/mol. The molecule has 2 N–H and O–H groups in total. The van der Waals surface area contributed by atoms with Crippen molar-refractivity contribution < 1.29 is 9.59 Å². The van der Waals surface area contributed by atoms with Crippen LogP contribution in [0.5, 0.6) is 0 Å². The van der Waals surface area contributed by atoms with Gasteiger partial charge >= 0.3 is 0 Å². The smallest absolute Gasteiger partial charge is 0.253 e. The van der Waals surface area contributed by atoms with E-state index in [1.165, 1.54) is 11.3 Å². The Labute approximate surface area is 155 Å². The van der Waals surface area contributed by atoms with Crippen molar-refractivity contribution in [2.75, 3.05) is 18.4 Å². The van der Waals surface area contributed by atoms with Crippen LogP contribution in [0.2, 0.25) is 0 Å². The van der Waals surface area contributed by atoms with Crippen molar-refractivity contribution in [2.45, 2.75) is 19.8 Å². The Morgan fingerprint density at radius 2 is 2.23 bits per heavy atom. The molecule has 0 aliphatic carbocycles. The molecular formula is C19H20N4O2S. The summed E-state index contributed by atoms with van der Waals surface area (Å²) in [6.45, 7) is 3.08. The Morgan fingerprint density at radius 1 is 1.35 bits per heavy atom. The van der Waals surface area contributed by atoms with E-state index in [9.17, 15) is 9.59 Å². The zero-order chi connectivity index (χ0) is 18.1. The first-order valence-corrected chi connectivity index (χ1v) is 9.51. The van der Waals surface area contributed by atoms with Crippen molar-refractivity contribution in [1.82, 2.24) is 14.9 Å². The van der Waals surface area contributed by atoms with Crippen LogP contribution in [0.15, 0.2) is 36.7 Å². The first-order chi connectivity index (χ1) is 12.6. The van der Waals surface area contributed by atoms with Crippen molar-refractivity contribution in [3.63, 3.8) is 0 Å². The number of carbonyl (C=O) groups excluding carboxylic acids is 2. The third-order valence-corrected chi connectivity index (χ3v) is 5.56. The second-order valence-electron chi connectivity index (χ2n) is 6.64. The lowest BCUT2D eigenvalue weighted by molar-refractivity contribution is -0.121. The molecule has 0 radical (unpaired) electrons. The molecule has 1 atom stereocenters. The molecule has 0 saturated carbocycles. The minimum atomic E-state index is -0.203. The Bertz CT molecular complexity index is 961. The third-order valence-electron chi connectivity index (χ3n) is 4.73. The van der Waals surface area contributed by atoms with Crippen LogP contribution in [0.25, 0.3) is 10.9 Å². The normalized spacial score (nSPS) is 17.4. The number of hydrogen-bond donors (Lipinski definition) is 2. The zero-order valence-corrected chi connectivity index (χ0v) is 15.3. The zero-order valence-electron chi connectivity index (χ0n) is 14.5. The van der Waals surface area contributed by atoms with Gasteiger partial charge in [0.05, 0.1) is 5.92 Å². The van der Waals surface area contributed by atoms with Crippen molar-refractivity contribution in [3.05, 3.63) is 47.1 Å². The Kier molecular flexibility index (Phi) is 4.46. The fourth-order valence-electron chi connectivity index (χ4n) is 3.36. The minimum Gasteiger partial charge on any atom is -0.361 e. The molecule has 1 aliphatic heterocycles. The van der Waals surface area contributed by atoms with Crippen molar-refractivity contribution in [3.8, 4) is 0 Å². The number of likely N-dealkylation sites (tertiary alicyclic amines) is 1. The van der Waals surface area contributed by atoms with Crippen LogP contribution >= 0.6 is 11.3 Å². The summed E-state index contributed by atoms with van der Waals surface area (Å²) in [6.07, 6.45) is 5.22. The van der Waals surface area contributed by atoms with E-state index in [1.807, 2.05) is 37.4 Å². The number of anilines is 1. The number of nitrogens with one attached hydrogen (secondary N) is 2. The maximum absolute atomic E-state index is 12.9. The molecule has 1 aromatic carbocycles. The number of amides is 2. The van der Waals surface area contributed by atoms with E-state index in [0.717, 1.165) is 28.6 Å². The van der Waals surface area contributed by atoms with Gasteiger partial charge in [-0.25, -0.2) is 4.98 Å². The molecule has 1 saturated heterocycles. The van der Waals surface area contributed by atoms with Gasteiger partial charge < -0.3 is 15.2 Å². The van der Waals surface area contributed by atoms with Crippen LogP contribution in [-0.4, -0.2) is 39.8 Å². The van der Waals surface area contributed by atoms with E-state index in [2.05, 4.69) is 15.3 Å². The van der Waals surface area contributed by atoms with Gasteiger partial charge in [0.25, 0.3) is 5.91 Å². The van der Waals surface area contributed by atoms with Crippen LogP contribution in [0, 0.1) is 12.8 Å². The first-order valence-electron chi connectivity index (χ1n) is 8.70. The Balaban J connectivity index is 1.45. The molecule has 2 aromatic heterocycles. The van der Waals surface area contributed by atoms with Gasteiger partial charge in [0.15, 0.2) is 5.13 Å². The highest BCUT2D eigenvalue weighted by Crippen LogP contribution is 2.23. The highest BCUT2D eigenvalue weighted by atomic mass is 32.1. The second kappa shape index (κ2) is 6.92. The number of aryl methyl sites for hydroxylation is 1. The monoisotopic (exact) mass is 368 g/mol. The van der Waals surface area contributed by atoms with Gasteiger partial charge in [-0.3, -0.25) is 9.59 Å². The molecular weight excluding hydrogens is 348 g/mol. The van der Waals surface area contributed by atoms with Crippen LogP contribution in [0.3, 0.4) is 0 Å². The molecule has 1 aliphatic rings. The molecule has 3 aromatic rings. The highest BCUT2D eigenvalue weighted by Gasteiger charge is 2.29. The van der Waals surface area contributed by atoms with Crippen molar-refractivity contribution in [1.29, 1.82) is 0 Å². The third kappa shape index (κ3) is 3.35. The Morgan fingerprint density at radius 3 is 3.04 bits per heavy atom. The van der Waals surface area contributed by atoms with Gasteiger partial charge in [-0.05, 0) is 43.4 Å². The highest BCUT2D eigenvalue weighted by molar-refractivity contribution is 7.15. The molecule has 2 amide bonds. The number of fused-ring (bicyclic) bond motifs is 1. The van der Waals surface area contributed by atoms with Crippen LogP contribution < -0.4 is 5.32 Å². The SMILES string of the molecule is Cc1cnc(NC(=O)[C@@H]2CCCN(C(=O)c3ccc4cc[nH]c4c3)C2)s1. The standard InChI is InChI=1S/C19H20N4O2S/c1-12-10-21-19(26-12)22-17(24)15-3-2-8-23(11-15)18(25)14-5-4-13-6-7-20-16(13)9-14/h4-7,9-10,15,20H,2-3,8,11H2,1H3,(H,21,22,24)/t15-/m1/s1. The average Bonchev–Trinajstić information content (AvgIpc) is 3.29. The van der Waals surface area contributed by atoms with Gasteiger partial charge in [0, 0.05) is 41.4 Å². The quantitative estimate of drug-likeness (QED) is 0.743. The molecule has 134 valence electrons. The number of thiazole rings is 1. The van der Waals surface area contributed by atoms with Gasteiger partial charge in [-0.1, -0.05) is 6.07 Å². The van der Waals surface area contributed by atoms with E-state index in [0.29, 0.717) is 23.8 Å². The second-order valence-corrected chi connectivity index (χ2v) is 7.87. The summed E-state index contributed by atoms with van der Waals surface area (Å²) >= 11 is 1.46. The van der Waals surface area contributed by atoms with Gasteiger partial charge in [0.2, 0.25) is 5.91 Å². The lowest BCUT2D eigenvalue weighted by Gasteiger charge is -2.32. The van der Waals surface area contributed by atoms with Gasteiger partial charge in [0.1, 0.15) is 0 Å². The molecule has 0 bridgehead atoms. The molecule has 4 rings (SSSR count). The molecule has 3 heterocycles. The summed E-state index contributed by atoms with van der Waals surface area (Å²) in [6, 6.07) is 7.64. The summed E-state index contributed by atoms with van der Waals surface area (Å²) in [7, 11) is 0. The summed E-state index contributed by atoms with van der Waals surface area (Å²) in [4.78, 5) is 35.6. The number of aromatic nitrogens is 2. The number of aromatic amines is 1. The number of rotatable bonds is 3. The summed E-state index contributed by atoms with van der Waals surface area (Å²) in [5.41, 5.74) is 1.60. The summed E-state index contributed by atoms with van der Waals surface area (Å²) in [5, 5.41) is 4.58. The molecule has 0 spiro atoms. The molecule has 6 nitrogen and oxygen atoms in total. The fraction of sp³-hybridized carbons (Fsp3) is 0.316. The lowest BCUT2D eigenvalue weighted by atomic mass is 9.96. The van der Waals surface area contributed by atoms with Gasteiger partial charge in [-0.2, -0.15) is 0 Å². The summed E-state index contributed by atoms with van der Waals surface area (Å²) < 4.78 is 0. The number of nitrogens with zero attached hydrogens (tertiary/aromatic N) is 2. The Hall–Kier alpha value is -2.67. The first kappa shape index (κ1) is 16.8. The molecule has 0 unspecified atom stereocenters. The van der Waals surface area contributed by atoms with E-state index < -0.39 is 0 Å². The predicted octanol–water partition coefficient (Wildman–Crippen LogP) is 3.42. The maximum Gasteiger partial charge on any atom is 0.253 e. The number of benzene rings is 1. The molecule has 1 fully saturated rings. The van der Waals surface area contributed by atoms with Gasteiger partial charge in [-0.15, -0.1) is 11.3 Å². The summed E-state index contributed by atoms with van der Waals surface area (Å²) in [5.74, 6) is -0.285. The van der Waals surface area contributed by atoms with E-state index in [-0.39, 0.29) is 17.7 Å².